The van der Waals surface area contributed by atoms with Gasteiger partial charge < -0.3 is 33.6 Å². The van der Waals surface area contributed by atoms with Crippen LogP contribution in [0.2, 0.25) is 0 Å². The van der Waals surface area contributed by atoms with Crippen molar-refractivity contribution in [1.82, 2.24) is 20.1 Å². The Morgan fingerprint density at radius 3 is 2.35 bits per heavy atom. The van der Waals surface area contributed by atoms with Crippen LogP contribution in [-0.4, -0.2) is 75.0 Å². The predicted molar refractivity (Wildman–Crippen MR) is 155 cm³/mol. The number of thioether (sulfide) groups is 1. The number of aryl methyl sites for hydroxylation is 1. The van der Waals surface area contributed by atoms with Gasteiger partial charge in [-0.2, -0.15) is 0 Å². The number of nitrogens with one attached hydrogen (secondary N) is 1. The van der Waals surface area contributed by atoms with E-state index in [4.69, 9.17) is 23.7 Å². The quantitative estimate of drug-likeness (QED) is 0.187. The molecule has 3 rings (SSSR count). The number of unbranched alkanes of at least 4 members (excludes halogenated alkanes) is 2. The van der Waals surface area contributed by atoms with Crippen LogP contribution in [0.3, 0.4) is 0 Å². The van der Waals surface area contributed by atoms with Crippen LogP contribution in [0.5, 0.6) is 5.75 Å². The van der Waals surface area contributed by atoms with E-state index in [0.717, 1.165) is 36.6 Å². The Kier molecular flexibility index (Phi) is 12.8. The third-order valence-electron chi connectivity index (χ3n) is 6.43. The highest BCUT2D eigenvalue weighted by molar-refractivity contribution is 7.99. The first-order valence-electron chi connectivity index (χ1n) is 14.2. The van der Waals surface area contributed by atoms with Crippen molar-refractivity contribution in [3.05, 3.63) is 35.7 Å². The number of hydrogen-bond acceptors (Lipinski definition) is 12. The van der Waals surface area contributed by atoms with E-state index in [1.54, 1.807) is 0 Å². The monoisotopic (exact) mass is 620 g/mol. The molecule has 13 nitrogen and oxygen atoms in total. The summed E-state index contributed by atoms with van der Waals surface area (Å²) in [6, 6.07) is 6.73. The molecule has 236 valence electrons. The molecule has 0 spiro atoms. The van der Waals surface area contributed by atoms with E-state index < -0.39 is 53.6 Å². The third-order valence-corrected chi connectivity index (χ3v) is 7.58. The molecule has 0 unspecified atom stereocenters. The van der Waals surface area contributed by atoms with Crippen molar-refractivity contribution in [2.45, 2.75) is 109 Å². The first kappa shape index (κ1) is 33.8. The van der Waals surface area contributed by atoms with Crippen molar-refractivity contribution in [3.63, 3.8) is 0 Å². The van der Waals surface area contributed by atoms with Crippen LogP contribution in [0, 0.1) is 6.92 Å². The van der Waals surface area contributed by atoms with E-state index in [1.165, 1.54) is 27.7 Å². The lowest BCUT2D eigenvalue weighted by molar-refractivity contribution is -0.211. The molecule has 0 bridgehead atoms. The molecule has 1 fully saturated rings. The molecule has 1 amide bonds. The van der Waals surface area contributed by atoms with Crippen molar-refractivity contribution in [1.29, 1.82) is 0 Å². The fourth-order valence-electron chi connectivity index (χ4n) is 4.61. The summed E-state index contributed by atoms with van der Waals surface area (Å²) in [4.78, 5) is 48.2. The van der Waals surface area contributed by atoms with Crippen LogP contribution < -0.4 is 10.1 Å². The van der Waals surface area contributed by atoms with E-state index in [9.17, 15) is 19.2 Å². The Morgan fingerprint density at radius 2 is 1.72 bits per heavy atom. The molecule has 0 aliphatic carbocycles. The molecule has 1 aliphatic rings. The van der Waals surface area contributed by atoms with Gasteiger partial charge in [0.2, 0.25) is 5.91 Å². The summed E-state index contributed by atoms with van der Waals surface area (Å²) in [5.74, 6) is -1.03. The summed E-state index contributed by atoms with van der Waals surface area (Å²) in [7, 11) is 0. The Balaban J connectivity index is 1.97. The molecule has 43 heavy (non-hydrogen) atoms. The lowest BCUT2D eigenvalue weighted by Crippen LogP contribution is -2.65. The van der Waals surface area contributed by atoms with Crippen LogP contribution in [0.15, 0.2) is 29.4 Å². The highest BCUT2D eigenvalue weighted by Gasteiger charge is 2.51. The normalized spacial score (nSPS) is 21.5. The van der Waals surface area contributed by atoms with Crippen LogP contribution in [-0.2, 0) is 51.3 Å². The Bertz CT molecular complexity index is 1270. The van der Waals surface area contributed by atoms with Crippen molar-refractivity contribution < 1.29 is 42.9 Å². The summed E-state index contributed by atoms with van der Waals surface area (Å²) < 4.78 is 30.5. The Labute approximate surface area is 255 Å². The zero-order chi connectivity index (χ0) is 31.5. The van der Waals surface area contributed by atoms with Crippen LogP contribution >= 0.6 is 11.8 Å². The molecule has 2 aromatic rings. The first-order valence-corrected chi connectivity index (χ1v) is 15.0. The fourth-order valence-corrected chi connectivity index (χ4v) is 5.79. The molecule has 0 saturated carbocycles. The van der Waals surface area contributed by atoms with Gasteiger partial charge in [-0.3, -0.25) is 19.2 Å². The highest BCUT2D eigenvalue weighted by Crippen LogP contribution is 2.36. The molecule has 2 heterocycles. The Morgan fingerprint density at radius 1 is 1.00 bits per heavy atom. The number of carbonyl (C=O) groups excluding carboxylic acids is 4. The number of esters is 3. The summed E-state index contributed by atoms with van der Waals surface area (Å²) in [5.41, 5.74) is 0.162. The number of rotatable bonds is 14. The number of benzene rings is 1. The van der Waals surface area contributed by atoms with Gasteiger partial charge in [0.1, 0.15) is 36.5 Å². The Hall–Kier alpha value is -3.65. The average Bonchev–Trinajstić information content (AvgIpc) is 3.30. The molecule has 0 radical (unpaired) electrons. The zero-order valence-electron chi connectivity index (χ0n) is 25.4. The number of ether oxygens (including phenoxy) is 5. The predicted octanol–water partition coefficient (Wildman–Crippen LogP) is 3.10. The zero-order valence-corrected chi connectivity index (χ0v) is 26.2. The SMILES string of the molecule is CCCCCn1c(COc2cccc(C)c2)nnc1S[C@H]1O[C@@H](COC(C)=O)[C@@H](OC(C)=O)[C@@H](OC(C)=O)[C@H]1NC(C)=O. The van der Waals surface area contributed by atoms with Crippen molar-refractivity contribution in [3.8, 4) is 5.75 Å². The van der Waals surface area contributed by atoms with Gasteiger partial charge in [-0.25, -0.2) is 0 Å². The summed E-state index contributed by atoms with van der Waals surface area (Å²) in [5, 5.41) is 12.1. The second-order valence-electron chi connectivity index (χ2n) is 10.2. The minimum atomic E-state index is -1.17. The third kappa shape index (κ3) is 10.2. The van der Waals surface area contributed by atoms with Crippen molar-refractivity contribution in [2.24, 2.45) is 0 Å². The van der Waals surface area contributed by atoms with Gasteiger partial charge in [-0.05, 0) is 31.0 Å². The topological polar surface area (TPSA) is 157 Å². The summed E-state index contributed by atoms with van der Waals surface area (Å²) >= 11 is 1.16. The van der Waals surface area contributed by atoms with E-state index in [2.05, 4.69) is 22.4 Å². The molecule has 1 saturated heterocycles. The van der Waals surface area contributed by atoms with Gasteiger partial charge in [0.05, 0.1) is 0 Å². The average molecular weight is 621 g/mol. The molecule has 1 aliphatic heterocycles. The van der Waals surface area contributed by atoms with Gasteiger partial charge in [-0.15, -0.1) is 10.2 Å². The maximum Gasteiger partial charge on any atom is 0.303 e. The molecular weight excluding hydrogens is 580 g/mol. The molecule has 5 atom stereocenters. The van der Waals surface area contributed by atoms with Crippen LogP contribution in [0.1, 0.15) is 65.3 Å². The number of hydrogen-bond donors (Lipinski definition) is 1. The van der Waals surface area contributed by atoms with Crippen LogP contribution in [0.25, 0.3) is 0 Å². The molecule has 1 N–H and O–H groups in total. The maximum atomic E-state index is 12.3. The second kappa shape index (κ2) is 16.3. The van der Waals surface area contributed by atoms with Crippen molar-refractivity contribution >= 4 is 35.6 Å². The lowest BCUT2D eigenvalue weighted by Gasteiger charge is -2.44. The van der Waals surface area contributed by atoms with E-state index in [1.807, 2.05) is 35.8 Å². The first-order chi connectivity index (χ1) is 20.5. The summed E-state index contributed by atoms with van der Waals surface area (Å²) in [6.07, 6.45) is -0.485. The standard InChI is InChI=1S/C29H40N4O9S/c1-7-8-9-13-33-24(16-39-22-12-10-11-17(2)14-22)31-32-29(33)43-28-25(30-18(3)34)27(41-21(6)37)26(40-20(5)36)23(42-28)15-38-19(4)35/h10-12,14,23,25-28H,7-9,13,15-16H2,1-6H3,(H,30,34)/t23-,25+,26+,27-,28+/m0/s1. The lowest BCUT2D eigenvalue weighted by atomic mass is 9.97. The number of amides is 1. The van der Waals surface area contributed by atoms with Crippen LogP contribution in [0.4, 0.5) is 0 Å². The van der Waals surface area contributed by atoms with Gasteiger partial charge in [0.25, 0.3) is 0 Å². The number of carbonyl (C=O) groups is 4. The maximum absolute atomic E-state index is 12.3. The van der Waals surface area contributed by atoms with Gasteiger partial charge in [0, 0.05) is 34.2 Å². The molecule has 1 aromatic heterocycles. The number of nitrogens with zero attached hydrogens (tertiary/aromatic N) is 3. The van der Waals surface area contributed by atoms with Gasteiger partial charge in [-0.1, -0.05) is 43.7 Å². The summed E-state index contributed by atoms with van der Waals surface area (Å²) in [6.45, 7) is 9.53. The van der Waals surface area contributed by atoms with Crippen molar-refractivity contribution in [2.75, 3.05) is 6.61 Å². The molecular formula is C29H40N4O9S. The smallest absolute Gasteiger partial charge is 0.303 e. The fraction of sp³-hybridized carbons (Fsp3) is 0.586. The highest BCUT2D eigenvalue weighted by atomic mass is 32.2. The number of aromatic nitrogens is 3. The minimum absolute atomic E-state index is 0.170. The minimum Gasteiger partial charge on any atom is -0.486 e. The van der Waals surface area contributed by atoms with Gasteiger partial charge >= 0.3 is 17.9 Å². The second-order valence-corrected chi connectivity index (χ2v) is 11.3. The van der Waals surface area contributed by atoms with E-state index >= 15 is 0 Å². The largest absolute Gasteiger partial charge is 0.486 e. The van der Waals surface area contributed by atoms with Gasteiger partial charge in [0.15, 0.2) is 23.2 Å². The van der Waals surface area contributed by atoms with E-state index in [0.29, 0.717) is 23.3 Å². The molecule has 1 aromatic carbocycles. The molecule has 14 heteroatoms. The van der Waals surface area contributed by atoms with E-state index in [-0.39, 0.29) is 13.2 Å².